The summed E-state index contributed by atoms with van der Waals surface area (Å²) in [4.78, 5) is 22.5. The van der Waals surface area contributed by atoms with E-state index in [1.54, 1.807) is 63.8 Å². The van der Waals surface area contributed by atoms with Crippen LogP contribution in [0.5, 0.6) is 0 Å². The highest BCUT2D eigenvalue weighted by molar-refractivity contribution is 5.86. The molecule has 72 heavy (non-hydrogen) atoms. The summed E-state index contributed by atoms with van der Waals surface area (Å²) in [5, 5.41) is 0. The number of benzene rings is 4. The number of aryl methyl sites for hydroxylation is 2. The average Bonchev–Trinajstić information content (AvgIpc) is 3.37. The van der Waals surface area contributed by atoms with E-state index in [-0.39, 0.29) is 17.4 Å². The van der Waals surface area contributed by atoms with Gasteiger partial charge < -0.3 is 37.4 Å². The monoisotopic (exact) mass is 1020 g/mol. The first-order chi connectivity index (χ1) is 34.0. The second-order valence-corrected chi connectivity index (χ2v) is 16.6. The number of hydrogen-bond donors (Lipinski definition) is 0. The third-order valence-corrected chi connectivity index (χ3v) is 6.99. The third-order valence-electron chi connectivity index (χ3n) is 6.99. The topological polar surface area (TPSA) is 89.5 Å². The van der Waals surface area contributed by atoms with E-state index < -0.39 is 0 Å². The summed E-state index contributed by atoms with van der Waals surface area (Å²) in [6.07, 6.45) is 0.816. The molecule has 0 spiro atoms. The van der Waals surface area contributed by atoms with Gasteiger partial charge in [-0.15, -0.1) is 0 Å². The molecule has 4 rings (SSSR count). The van der Waals surface area contributed by atoms with Crippen LogP contribution in [-0.2, 0) is 38.0 Å². The molecule has 0 aliphatic rings. The molecule has 10 nitrogen and oxygen atoms in total. The molecule has 4 aromatic carbocycles. The number of esters is 2. The molecule has 422 valence electrons. The molecule has 0 saturated heterocycles. The minimum Gasteiger partial charge on any atom is -0.459 e. The van der Waals surface area contributed by atoms with Crippen molar-refractivity contribution in [1.82, 2.24) is 0 Å². The molecule has 0 bridgehead atoms. The van der Waals surface area contributed by atoms with Gasteiger partial charge in [0.25, 0.3) is 0 Å². The van der Waals surface area contributed by atoms with Gasteiger partial charge in [0.05, 0.1) is 47.7 Å². The smallest absolute Gasteiger partial charge is 0.333 e. The minimum absolute atomic E-state index is 0.0894. The van der Waals surface area contributed by atoms with Gasteiger partial charge in [-0.2, -0.15) is 0 Å². The van der Waals surface area contributed by atoms with Crippen molar-refractivity contribution in [3.8, 4) is 0 Å². The lowest BCUT2D eigenvalue weighted by Gasteiger charge is -2.25. The zero-order valence-electron chi connectivity index (χ0n) is 52.1. The van der Waals surface area contributed by atoms with E-state index in [9.17, 15) is 9.59 Å². The first kappa shape index (κ1) is 90.1. The van der Waals surface area contributed by atoms with Crippen LogP contribution in [-0.4, -0.2) is 146 Å². The molecule has 0 saturated carbocycles. The molecule has 0 radical (unpaired) electrons. The second-order valence-electron chi connectivity index (χ2n) is 16.6. The summed E-state index contributed by atoms with van der Waals surface area (Å²) in [6.45, 7) is 33.8. The van der Waals surface area contributed by atoms with Crippen molar-refractivity contribution in [2.24, 2.45) is 5.41 Å². The minimum atomic E-state index is -0.342. The van der Waals surface area contributed by atoms with Crippen LogP contribution >= 0.6 is 0 Å². The molecular formula is C62H118N2O8+2. The number of methoxy groups -OCH3 is 4. The van der Waals surface area contributed by atoms with E-state index in [0.717, 1.165) is 28.5 Å². The Hall–Kier alpha value is -4.68. The fourth-order valence-electron chi connectivity index (χ4n) is 3.13. The predicted octanol–water partition coefficient (Wildman–Crippen LogP) is 15.0. The van der Waals surface area contributed by atoms with E-state index in [1.807, 2.05) is 185 Å². The van der Waals surface area contributed by atoms with Gasteiger partial charge in [-0.3, -0.25) is 4.79 Å². The zero-order chi connectivity index (χ0) is 58.7. The standard InChI is InChI=1S/C11H24NO2.C9H18NO2.2C7H8.2C6H6.4C2H6O.4C2H6/c1-7-11(2,3)10(13)14-9-8-12(4,5)6;1-8(2)9(11)12-7-6-10(3,4)5;2*1-7-5-3-2-4-6-7;2*1-2-4-6-5-3-1;4*1-3-2;4*1-2/h7-9H2,1-6H3;1,6-7H2,2-5H3;2*2-6H,1H3;2*1-6H;4*1-2H3;4*1-2H3/q2*+1;;;;;;;;;;;;. The van der Waals surface area contributed by atoms with Gasteiger partial charge in [-0.25, -0.2) is 4.79 Å². The maximum Gasteiger partial charge on any atom is 0.333 e. The summed E-state index contributed by atoms with van der Waals surface area (Å²) in [5.41, 5.74) is 2.76. The molecule has 0 fully saturated rings. The van der Waals surface area contributed by atoms with Crippen LogP contribution in [0.1, 0.15) is 101 Å². The maximum absolute atomic E-state index is 11.6. The highest BCUT2D eigenvalue weighted by Crippen LogP contribution is 2.21. The molecule has 0 unspecified atom stereocenters. The van der Waals surface area contributed by atoms with Crippen LogP contribution in [0.25, 0.3) is 0 Å². The number of quaternary nitrogens is 2. The summed E-state index contributed by atoms with van der Waals surface area (Å²) in [7, 11) is 25.4. The van der Waals surface area contributed by atoms with Crippen molar-refractivity contribution in [3.63, 3.8) is 0 Å². The Morgan fingerprint density at radius 3 is 0.792 bits per heavy atom. The van der Waals surface area contributed by atoms with Crippen LogP contribution in [0.2, 0.25) is 0 Å². The van der Waals surface area contributed by atoms with Crippen LogP contribution in [0.15, 0.2) is 146 Å². The first-order valence-corrected chi connectivity index (χ1v) is 25.2. The van der Waals surface area contributed by atoms with E-state index in [4.69, 9.17) is 9.47 Å². The highest BCUT2D eigenvalue weighted by Gasteiger charge is 2.27. The summed E-state index contributed by atoms with van der Waals surface area (Å²) < 4.78 is 28.8. The maximum atomic E-state index is 11.6. The molecule has 0 N–H and O–H groups in total. The number of carbonyl (C=O) groups is 2. The molecule has 10 heteroatoms. The second kappa shape index (κ2) is 75.3. The fourth-order valence-corrected chi connectivity index (χ4v) is 3.13. The normalized spacial score (nSPS) is 8.67. The first-order valence-electron chi connectivity index (χ1n) is 25.2. The summed E-state index contributed by atoms with van der Waals surface area (Å²) >= 11 is 0. The third kappa shape index (κ3) is 107. The molecule has 0 aromatic heterocycles. The Balaban J connectivity index is -0.0000000758. The molecule has 4 aromatic rings. The number of ether oxygens (including phenoxy) is 6. The molecule has 0 atom stereocenters. The van der Waals surface area contributed by atoms with Crippen molar-refractivity contribution in [1.29, 1.82) is 0 Å². The molecule has 0 aliphatic carbocycles. The fraction of sp³-hybridized carbons (Fsp3) is 0.548. The van der Waals surface area contributed by atoms with Crippen molar-refractivity contribution >= 4 is 11.9 Å². The Morgan fingerprint density at radius 2 is 0.639 bits per heavy atom. The van der Waals surface area contributed by atoms with Gasteiger partial charge in [0.1, 0.15) is 26.3 Å². The Bertz CT molecular complexity index is 1360. The Morgan fingerprint density at radius 1 is 0.444 bits per heavy atom. The van der Waals surface area contributed by atoms with Crippen LogP contribution in [0, 0.1) is 19.3 Å². The van der Waals surface area contributed by atoms with Gasteiger partial charge in [-0.05, 0) is 41.0 Å². The summed E-state index contributed by atoms with van der Waals surface area (Å²) in [6, 6.07) is 44.5. The van der Waals surface area contributed by atoms with Crippen LogP contribution in [0.3, 0.4) is 0 Å². The van der Waals surface area contributed by atoms with Gasteiger partial charge in [0.15, 0.2) is 0 Å². The average molecular weight is 1020 g/mol. The van der Waals surface area contributed by atoms with Crippen molar-refractivity contribution in [3.05, 3.63) is 157 Å². The van der Waals surface area contributed by atoms with Crippen molar-refractivity contribution in [2.75, 3.05) is 125 Å². The Kier molecular flexibility index (Phi) is 94.2. The van der Waals surface area contributed by atoms with E-state index >= 15 is 0 Å². The predicted molar refractivity (Wildman–Crippen MR) is 319 cm³/mol. The number of nitrogens with zero attached hydrogens (tertiary/aromatic N) is 2. The van der Waals surface area contributed by atoms with E-state index in [0.29, 0.717) is 18.8 Å². The van der Waals surface area contributed by atoms with Crippen molar-refractivity contribution < 1.29 is 47.0 Å². The lowest BCUT2D eigenvalue weighted by atomic mass is 9.91. The zero-order valence-corrected chi connectivity index (χ0v) is 52.1. The summed E-state index contributed by atoms with van der Waals surface area (Å²) in [5.74, 6) is -0.392. The van der Waals surface area contributed by atoms with Crippen LogP contribution in [0.4, 0.5) is 0 Å². The van der Waals surface area contributed by atoms with E-state index in [2.05, 4.69) is 106 Å². The molecular weight excluding hydrogens is 901 g/mol. The van der Waals surface area contributed by atoms with Gasteiger partial charge in [0, 0.05) is 62.5 Å². The number of hydrogen-bond acceptors (Lipinski definition) is 8. The number of rotatable bonds is 9. The lowest BCUT2D eigenvalue weighted by Crippen LogP contribution is -2.39. The SMILES string of the molecule is C=C(C)C(=O)OCC[N+](C)(C)C.CC.CC.CC.CC.CCC(C)(C)C(=O)OCC[N+](C)(C)C.COC.COC.COC.COC.Cc1ccccc1.Cc1ccccc1.c1ccccc1.c1ccccc1. The van der Waals surface area contributed by atoms with Gasteiger partial charge in [-0.1, -0.05) is 213 Å². The highest BCUT2D eigenvalue weighted by atomic mass is 16.5. The van der Waals surface area contributed by atoms with Gasteiger partial charge in [0.2, 0.25) is 0 Å². The molecule has 0 heterocycles. The Labute approximate surface area is 448 Å². The quantitative estimate of drug-likeness (QED) is 0.0931. The van der Waals surface area contributed by atoms with E-state index in [1.165, 1.54) is 11.1 Å². The number of likely N-dealkylation sites (N-methyl/N-ethyl adjacent to an activating group) is 2. The van der Waals surface area contributed by atoms with Crippen molar-refractivity contribution in [2.45, 2.75) is 103 Å². The van der Waals surface area contributed by atoms with Gasteiger partial charge >= 0.3 is 11.9 Å². The number of carbonyl (C=O) groups excluding carboxylic acids is 2. The lowest BCUT2D eigenvalue weighted by molar-refractivity contribution is -0.870. The van der Waals surface area contributed by atoms with Crippen LogP contribution < -0.4 is 0 Å². The molecule has 0 amide bonds. The largest absolute Gasteiger partial charge is 0.459 e. The molecule has 0 aliphatic heterocycles.